The van der Waals surface area contributed by atoms with E-state index in [1.165, 1.54) is 11.1 Å². The summed E-state index contributed by atoms with van der Waals surface area (Å²) in [5, 5.41) is 0.859. The van der Waals surface area contributed by atoms with Crippen molar-refractivity contribution in [1.82, 2.24) is 9.97 Å². The maximum atomic E-state index is 4.86. The van der Waals surface area contributed by atoms with Crippen molar-refractivity contribution >= 4 is 15.9 Å². The first kappa shape index (κ1) is 16.7. The van der Waals surface area contributed by atoms with Gasteiger partial charge in [0.1, 0.15) is 0 Å². The topological polar surface area (TPSA) is 25.8 Å². The molecule has 4 aromatic rings. The fourth-order valence-electron chi connectivity index (χ4n) is 2.89. The normalized spacial score (nSPS) is 10.7. The molecule has 0 atom stereocenters. The van der Waals surface area contributed by atoms with Crippen molar-refractivity contribution in [2.75, 3.05) is 0 Å². The van der Waals surface area contributed by atoms with E-state index in [0.717, 1.165) is 33.5 Å². The van der Waals surface area contributed by atoms with Crippen LogP contribution in [0.4, 0.5) is 0 Å². The second-order valence-electron chi connectivity index (χ2n) is 6.04. The lowest BCUT2D eigenvalue weighted by Crippen LogP contribution is -1.92. The first-order valence-corrected chi connectivity index (χ1v) is 9.60. The lowest BCUT2D eigenvalue weighted by molar-refractivity contribution is 1.25. The molecule has 0 aliphatic heterocycles. The summed E-state index contributed by atoms with van der Waals surface area (Å²) in [5.41, 5.74) is 7.38. The van der Waals surface area contributed by atoms with E-state index >= 15 is 0 Å². The molecule has 0 aliphatic carbocycles. The van der Waals surface area contributed by atoms with Crippen LogP contribution in [0.3, 0.4) is 0 Å². The van der Waals surface area contributed by atoms with Gasteiger partial charge in [-0.25, -0.2) is 4.98 Å². The molecule has 2 heterocycles. The van der Waals surface area contributed by atoms with Gasteiger partial charge in [-0.15, -0.1) is 0 Å². The highest BCUT2D eigenvalue weighted by Gasteiger charge is 2.09. The molecule has 0 saturated heterocycles. The quantitative estimate of drug-likeness (QED) is 0.371. The number of nitrogens with zero attached hydrogens (tertiary/aromatic N) is 2. The minimum atomic E-state index is 0.859. The zero-order chi connectivity index (χ0) is 17.8. The van der Waals surface area contributed by atoms with Crippen molar-refractivity contribution in [2.45, 2.75) is 5.33 Å². The largest absolute Gasteiger partial charge is 0.255 e. The molecule has 4 rings (SSSR count). The third-order valence-electron chi connectivity index (χ3n) is 4.26. The van der Waals surface area contributed by atoms with Gasteiger partial charge in [0.25, 0.3) is 0 Å². The SMILES string of the molecule is BrCc1ccc(-c2cc(-c3ccccc3)nc(-c3ccccn3)c2)cc1. The van der Waals surface area contributed by atoms with Gasteiger partial charge in [-0.3, -0.25) is 4.98 Å². The maximum Gasteiger partial charge on any atom is 0.0899 e. The van der Waals surface area contributed by atoms with E-state index in [4.69, 9.17) is 4.98 Å². The molecule has 0 saturated carbocycles. The molecule has 0 unspecified atom stereocenters. The van der Waals surface area contributed by atoms with E-state index in [0.29, 0.717) is 0 Å². The minimum Gasteiger partial charge on any atom is -0.255 e. The molecule has 3 heteroatoms. The second-order valence-corrected chi connectivity index (χ2v) is 6.60. The van der Waals surface area contributed by atoms with Crippen molar-refractivity contribution in [3.8, 4) is 33.8 Å². The first-order valence-electron chi connectivity index (χ1n) is 8.48. The van der Waals surface area contributed by atoms with E-state index in [-0.39, 0.29) is 0 Å². The van der Waals surface area contributed by atoms with Crippen LogP contribution in [0.1, 0.15) is 5.56 Å². The summed E-state index contributed by atoms with van der Waals surface area (Å²) >= 11 is 3.50. The van der Waals surface area contributed by atoms with Crippen LogP contribution >= 0.6 is 15.9 Å². The van der Waals surface area contributed by atoms with Crippen LogP contribution < -0.4 is 0 Å². The summed E-state index contributed by atoms with van der Waals surface area (Å²) in [6.45, 7) is 0. The molecule has 0 aliphatic rings. The summed E-state index contributed by atoms with van der Waals surface area (Å²) in [5.74, 6) is 0. The first-order chi connectivity index (χ1) is 12.8. The molecular formula is C23H17BrN2. The predicted octanol–water partition coefficient (Wildman–Crippen LogP) is 6.37. The Morgan fingerprint density at radius 1 is 0.615 bits per heavy atom. The van der Waals surface area contributed by atoms with E-state index < -0.39 is 0 Å². The number of halogens is 1. The van der Waals surface area contributed by atoms with E-state index in [1.807, 2.05) is 36.4 Å². The molecule has 0 fully saturated rings. The van der Waals surface area contributed by atoms with Gasteiger partial charge in [0.15, 0.2) is 0 Å². The van der Waals surface area contributed by atoms with Crippen LogP contribution in [-0.4, -0.2) is 9.97 Å². The highest BCUT2D eigenvalue weighted by atomic mass is 79.9. The maximum absolute atomic E-state index is 4.86. The van der Waals surface area contributed by atoms with Crippen molar-refractivity contribution in [3.05, 3.63) is 96.7 Å². The van der Waals surface area contributed by atoms with Crippen LogP contribution in [0.5, 0.6) is 0 Å². The Morgan fingerprint density at radius 2 is 1.35 bits per heavy atom. The Labute approximate surface area is 161 Å². The van der Waals surface area contributed by atoms with Crippen LogP contribution in [0.15, 0.2) is 91.1 Å². The lowest BCUT2D eigenvalue weighted by Gasteiger charge is -2.10. The van der Waals surface area contributed by atoms with E-state index in [1.54, 1.807) is 6.20 Å². The van der Waals surface area contributed by atoms with Gasteiger partial charge >= 0.3 is 0 Å². The van der Waals surface area contributed by atoms with Gasteiger partial charge in [0.05, 0.1) is 17.1 Å². The molecular weight excluding hydrogens is 384 g/mol. The van der Waals surface area contributed by atoms with Gasteiger partial charge in [-0.1, -0.05) is 76.6 Å². The number of benzene rings is 2. The Morgan fingerprint density at radius 3 is 2.04 bits per heavy atom. The average Bonchev–Trinajstić information content (AvgIpc) is 2.75. The summed E-state index contributed by atoms with van der Waals surface area (Å²) in [7, 11) is 0. The van der Waals surface area contributed by atoms with Crippen LogP contribution in [0, 0.1) is 0 Å². The van der Waals surface area contributed by atoms with Crippen LogP contribution in [0.25, 0.3) is 33.8 Å². The fourth-order valence-corrected chi connectivity index (χ4v) is 3.26. The highest BCUT2D eigenvalue weighted by Crippen LogP contribution is 2.29. The smallest absolute Gasteiger partial charge is 0.0899 e. The van der Waals surface area contributed by atoms with Crippen molar-refractivity contribution in [1.29, 1.82) is 0 Å². The molecule has 0 bridgehead atoms. The molecule has 126 valence electrons. The minimum absolute atomic E-state index is 0.859. The Kier molecular flexibility index (Phi) is 4.89. The Balaban J connectivity index is 1.87. The lowest BCUT2D eigenvalue weighted by atomic mass is 10.0. The van der Waals surface area contributed by atoms with Crippen LogP contribution in [0.2, 0.25) is 0 Å². The number of rotatable bonds is 4. The number of aromatic nitrogens is 2. The number of hydrogen-bond donors (Lipinski definition) is 0. The zero-order valence-electron chi connectivity index (χ0n) is 14.1. The molecule has 2 aromatic heterocycles. The fraction of sp³-hybridized carbons (Fsp3) is 0.0435. The molecule has 0 radical (unpaired) electrons. The standard InChI is InChI=1S/C23H17BrN2/c24-16-17-9-11-18(12-10-17)20-14-22(19-6-2-1-3-7-19)26-23(15-20)21-8-4-5-13-25-21/h1-15H,16H2. The second kappa shape index (κ2) is 7.63. The van der Waals surface area contributed by atoms with Gasteiger partial charge < -0.3 is 0 Å². The Bertz CT molecular complexity index is 940. The molecule has 0 spiro atoms. The van der Waals surface area contributed by atoms with Gasteiger partial charge in [0, 0.05) is 17.1 Å². The summed E-state index contributed by atoms with van der Waals surface area (Å²) in [6, 6.07) is 29.0. The molecule has 26 heavy (non-hydrogen) atoms. The van der Waals surface area contributed by atoms with Gasteiger partial charge in [-0.05, 0) is 41.0 Å². The average molecular weight is 401 g/mol. The molecule has 2 nitrogen and oxygen atoms in total. The van der Waals surface area contributed by atoms with Crippen molar-refractivity contribution < 1.29 is 0 Å². The number of pyridine rings is 2. The molecule has 0 N–H and O–H groups in total. The van der Waals surface area contributed by atoms with E-state index in [9.17, 15) is 0 Å². The third-order valence-corrected chi connectivity index (χ3v) is 4.91. The summed E-state index contributed by atoms with van der Waals surface area (Å²) in [4.78, 5) is 9.34. The van der Waals surface area contributed by atoms with E-state index in [2.05, 4.69) is 69.4 Å². The third kappa shape index (κ3) is 3.58. The monoisotopic (exact) mass is 400 g/mol. The number of alkyl halides is 1. The summed E-state index contributed by atoms with van der Waals surface area (Å²) in [6.07, 6.45) is 1.80. The van der Waals surface area contributed by atoms with Crippen LogP contribution in [-0.2, 0) is 5.33 Å². The molecule has 0 amide bonds. The zero-order valence-corrected chi connectivity index (χ0v) is 15.7. The number of hydrogen-bond acceptors (Lipinski definition) is 2. The Hall–Kier alpha value is -2.78. The summed E-state index contributed by atoms with van der Waals surface area (Å²) < 4.78 is 0. The van der Waals surface area contributed by atoms with Gasteiger partial charge in [-0.2, -0.15) is 0 Å². The van der Waals surface area contributed by atoms with Gasteiger partial charge in [0.2, 0.25) is 0 Å². The highest BCUT2D eigenvalue weighted by molar-refractivity contribution is 9.08. The predicted molar refractivity (Wildman–Crippen MR) is 111 cm³/mol. The molecule has 2 aromatic carbocycles. The van der Waals surface area contributed by atoms with Crippen molar-refractivity contribution in [3.63, 3.8) is 0 Å². The van der Waals surface area contributed by atoms with Crippen molar-refractivity contribution in [2.24, 2.45) is 0 Å².